The number of sulfonamides is 1. The fraction of sp³-hybridized carbons (Fsp3) is 0.240. The fourth-order valence-electron chi connectivity index (χ4n) is 3.39. The van der Waals surface area contributed by atoms with Crippen molar-refractivity contribution in [3.8, 4) is 5.75 Å². The van der Waals surface area contributed by atoms with Gasteiger partial charge in [-0.3, -0.25) is 4.79 Å². The van der Waals surface area contributed by atoms with Crippen molar-refractivity contribution in [2.45, 2.75) is 37.2 Å². The van der Waals surface area contributed by atoms with Crippen LogP contribution in [0.2, 0.25) is 5.02 Å². The Kier molecular flexibility index (Phi) is 9.13. The van der Waals surface area contributed by atoms with Gasteiger partial charge in [-0.05, 0) is 61.7 Å². The predicted octanol–water partition coefficient (Wildman–Crippen LogP) is 5.27. The van der Waals surface area contributed by atoms with Gasteiger partial charge in [-0.2, -0.15) is 4.72 Å². The van der Waals surface area contributed by atoms with Gasteiger partial charge in [-0.25, -0.2) is 8.42 Å². The molecule has 3 aromatic carbocycles. The molecular formula is C25H26BrClN2O4S. The molecule has 3 aromatic rings. The topological polar surface area (TPSA) is 84.5 Å². The third-order valence-corrected chi connectivity index (χ3v) is 7.38. The van der Waals surface area contributed by atoms with Gasteiger partial charge in [0.05, 0.1) is 22.6 Å². The number of nitrogens with one attached hydrogen (secondary N) is 2. The molecule has 0 aromatic heterocycles. The van der Waals surface area contributed by atoms with Crippen molar-refractivity contribution in [2.24, 2.45) is 0 Å². The van der Waals surface area contributed by atoms with Crippen molar-refractivity contribution < 1.29 is 17.9 Å². The van der Waals surface area contributed by atoms with Gasteiger partial charge in [0.2, 0.25) is 15.9 Å². The average molecular weight is 566 g/mol. The summed E-state index contributed by atoms with van der Waals surface area (Å²) in [5.74, 6) is -0.0403. The van der Waals surface area contributed by atoms with E-state index in [0.717, 1.165) is 15.6 Å². The first-order chi connectivity index (χ1) is 16.2. The first kappa shape index (κ1) is 26.2. The van der Waals surface area contributed by atoms with Crippen LogP contribution in [-0.4, -0.2) is 27.0 Å². The minimum Gasteiger partial charge on any atom is -0.492 e. The highest BCUT2D eigenvalue weighted by atomic mass is 79.9. The third-order valence-electron chi connectivity index (χ3n) is 5.12. The van der Waals surface area contributed by atoms with Gasteiger partial charge in [0.15, 0.2) is 0 Å². The van der Waals surface area contributed by atoms with E-state index in [1.54, 1.807) is 0 Å². The molecule has 180 valence electrons. The lowest BCUT2D eigenvalue weighted by atomic mass is 10.0. The lowest BCUT2D eigenvalue weighted by Gasteiger charge is -2.22. The van der Waals surface area contributed by atoms with Gasteiger partial charge in [-0.1, -0.05) is 70.0 Å². The maximum Gasteiger partial charge on any atom is 0.241 e. The highest BCUT2D eigenvalue weighted by molar-refractivity contribution is 9.10. The van der Waals surface area contributed by atoms with Crippen LogP contribution in [-0.2, 0) is 21.2 Å². The van der Waals surface area contributed by atoms with Gasteiger partial charge in [-0.15, -0.1) is 0 Å². The van der Waals surface area contributed by atoms with Crippen LogP contribution in [0.3, 0.4) is 0 Å². The van der Waals surface area contributed by atoms with Crippen molar-refractivity contribution in [2.75, 3.05) is 6.61 Å². The van der Waals surface area contributed by atoms with Gasteiger partial charge in [0, 0.05) is 4.47 Å². The Labute approximate surface area is 213 Å². The fourth-order valence-corrected chi connectivity index (χ4v) is 5.33. The van der Waals surface area contributed by atoms with Crippen LogP contribution in [0.1, 0.15) is 31.0 Å². The second kappa shape index (κ2) is 11.8. The Morgan fingerprint density at radius 3 is 2.44 bits per heavy atom. The van der Waals surface area contributed by atoms with Crippen LogP contribution in [0.4, 0.5) is 0 Å². The van der Waals surface area contributed by atoms with Crippen molar-refractivity contribution in [3.05, 3.63) is 93.4 Å². The summed E-state index contributed by atoms with van der Waals surface area (Å²) >= 11 is 9.62. The summed E-state index contributed by atoms with van der Waals surface area (Å²) in [6.07, 6.45) is 0.182. The van der Waals surface area contributed by atoms with E-state index in [2.05, 4.69) is 26.0 Å². The monoisotopic (exact) mass is 564 g/mol. The van der Waals surface area contributed by atoms with E-state index in [1.165, 1.54) is 18.2 Å². The lowest BCUT2D eigenvalue weighted by Crippen LogP contribution is -2.48. The van der Waals surface area contributed by atoms with Crippen LogP contribution in [0.15, 0.2) is 82.2 Å². The second-order valence-electron chi connectivity index (χ2n) is 7.67. The summed E-state index contributed by atoms with van der Waals surface area (Å²) in [5, 5.41) is 3.10. The van der Waals surface area contributed by atoms with Crippen LogP contribution < -0.4 is 14.8 Å². The van der Waals surface area contributed by atoms with E-state index in [4.69, 9.17) is 16.3 Å². The average Bonchev–Trinajstić information content (AvgIpc) is 2.80. The zero-order valence-corrected chi connectivity index (χ0v) is 22.0. The maximum atomic E-state index is 13.2. The highest BCUT2D eigenvalue weighted by Gasteiger charge is 2.28. The highest BCUT2D eigenvalue weighted by Crippen LogP contribution is 2.27. The smallest absolute Gasteiger partial charge is 0.241 e. The Balaban J connectivity index is 1.85. The van der Waals surface area contributed by atoms with E-state index >= 15 is 0 Å². The molecule has 0 heterocycles. The lowest BCUT2D eigenvalue weighted by molar-refractivity contribution is -0.123. The zero-order valence-electron chi connectivity index (χ0n) is 18.8. The third kappa shape index (κ3) is 7.06. The van der Waals surface area contributed by atoms with E-state index in [9.17, 15) is 13.2 Å². The first-order valence-electron chi connectivity index (χ1n) is 10.7. The molecule has 9 heteroatoms. The van der Waals surface area contributed by atoms with Gasteiger partial charge >= 0.3 is 0 Å². The Morgan fingerprint density at radius 1 is 1.06 bits per heavy atom. The van der Waals surface area contributed by atoms with Crippen molar-refractivity contribution in [1.29, 1.82) is 0 Å². The van der Waals surface area contributed by atoms with Crippen LogP contribution in [0.25, 0.3) is 0 Å². The minimum atomic E-state index is -4.04. The van der Waals surface area contributed by atoms with E-state index < -0.39 is 22.0 Å². The SMILES string of the molecule is CCOc1ccc(S(=O)(=O)N[C@@H](Cc2ccccc2)C(=O)N[C@@H](C)c2cccc(Br)c2)cc1Cl. The van der Waals surface area contributed by atoms with Crippen molar-refractivity contribution in [3.63, 3.8) is 0 Å². The molecule has 6 nitrogen and oxygen atoms in total. The normalized spacial score (nSPS) is 13.2. The summed E-state index contributed by atoms with van der Waals surface area (Å²) in [6, 6.07) is 19.7. The zero-order chi connectivity index (χ0) is 24.7. The molecule has 0 saturated heterocycles. The first-order valence-corrected chi connectivity index (χ1v) is 13.4. The molecule has 2 N–H and O–H groups in total. The largest absolute Gasteiger partial charge is 0.492 e. The molecule has 0 saturated carbocycles. The van der Waals surface area contributed by atoms with Crippen LogP contribution in [0, 0.1) is 0 Å². The number of ether oxygens (including phenoxy) is 1. The maximum absolute atomic E-state index is 13.2. The molecule has 0 spiro atoms. The summed E-state index contributed by atoms with van der Waals surface area (Å²) in [4.78, 5) is 13.2. The number of carbonyl (C=O) groups excluding carboxylic acids is 1. The van der Waals surface area contributed by atoms with E-state index in [-0.39, 0.29) is 22.4 Å². The number of carbonyl (C=O) groups is 1. The van der Waals surface area contributed by atoms with Crippen LogP contribution in [0.5, 0.6) is 5.75 Å². The number of amides is 1. The summed E-state index contributed by atoms with van der Waals surface area (Å²) in [5.41, 5.74) is 1.72. The number of halogens is 2. The Morgan fingerprint density at radius 2 is 1.79 bits per heavy atom. The second-order valence-corrected chi connectivity index (χ2v) is 10.7. The molecule has 0 aliphatic heterocycles. The van der Waals surface area contributed by atoms with Crippen molar-refractivity contribution in [1.82, 2.24) is 10.0 Å². The Bertz CT molecular complexity index is 1240. The number of hydrogen-bond acceptors (Lipinski definition) is 4. The standard InChI is InChI=1S/C25H26BrClN2O4S/c1-3-33-24-13-12-21(16-22(24)27)34(31,32)29-23(14-18-8-5-4-6-9-18)25(30)28-17(2)19-10-7-11-20(26)15-19/h4-13,15-17,23,29H,3,14H2,1-2H3,(H,28,30)/t17-,23-/m0/s1. The molecule has 2 atom stereocenters. The van der Waals surface area contributed by atoms with E-state index in [0.29, 0.717) is 12.4 Å². The molecular weight excluding hydrogens is 540 g/mol. The van der Waals surface area contributed by atoms with Gasteiger partial charge in [0.25, 0.3) is 0 Å². The minimum absolute atomic E-state index is 0.0492. The molecule has 34 heavy (non-hydrogen) atoms. The molecule has 0 radical (unpaired) electrons. The summed E-state index contributed by atoms with van der Waals surface area (Å²) < 4.78 is 35.2. The molecule has 3 rings (SSSR count). The summed E-state index contributed by atoms with van der Waals surface area (Å²) in [6.45, 7) is 4.06. The molecule has 0 unspecified atom stereocenters. The molecule has 0 aliphatic carbocycles. The number of benzene rings is 3. The molecule has 0 fully saturated rings. The van der Waals surface area contributed by atoms with Gasteiger partial charge < -0.3 is 10.1 Å². The molecule has 0 aliphatic rings. The molecule has 1 amide bonds. The van der Waals surface area contributed by atoms with Gasteiger partial charge in [0.1, 0.15) is 11.8 Å². The summed E-state index contributed by atoms with van der Waals surface area (Å²) in [7, 11) is -4.04. The number of hydrogen-bond donors (Lipinski definition) is 2. The van der Waals surface area contributed by atoms with Crippen molar-refractivity contribution >= 4 is 43.5 Å². The quantitative estimate of drug-likeness (QED) is 0.351. The van der Waals surface area contributed by atoms with E-state index in [1.807, 2.05) is 68.4 Å². The molecule has 0 bridgehead atoms. The Hall–Kier alpha value is -2.39. The predicted molar refractivity (Wildman–Crippen MR) is 138 cm³/mol. The van der Waals surface area contributed by atoms with Crippen LogP contribution >= 0.6 is 27.5 Å². The number of rotatable bonds is 10.